The van der Waals surface area contributed by atoms with Crippen molar-refractivity contribution >= 4 is 11.9 Å². The topological polar surface area (TPSA) is 94.1 Å². The molecule has 2 N–H and O–H groups in total. The zero-order chi connectivity index (χ0) is 20.3. The maximum atomic E-state index is 12.5. The van der Waals surface area contributed by atoms with Crippen LogP contribution >= 0.6 is 0 Å². The van der Waals surface area contributed by atoms with E-state index in [0.717, 1.165) is 11.6 Å². The van der Waals surface area contributed by atoms with Crippen LogP contribution < -0.4 is 19.5 Å². The van der Waals surface area contributed by atoms with Crippen LogP contribution in [0, 0.1) is 0 Å². The molecule has 2 aromatic rings. The zero-order valence-corrected chi connectivity index (χ0v) is 14.8. The summed E-state index contributed by atoms with van der Waals surface area (Å²) in [6.45, 7) is -2.59. The number of fused-ring (bicyclic) bond motifs is 1. The van der Waals surface area contributed by atoms with Gasteiger partial charge in [-0.15, -0.1) is 0 Å². The van der Waals surface area contributed by atoms with E-state index in [9.17, 15) is 23.5 Å². The lowest BCUT2D eigenvalue weighted by atomic mass is 10.0. The molecule has 9 heteroatoms. The first-order valence-electron chi connectivity index (χ1n) is 8.31. The van der Waals surface area contributed by atoms with Gasteiger partial charge in [-0.25, -0.2) is 4.79 Å². The molecule has 0 bridgehead atoms. The number of alkyl halides is 2. The van der Waals surface area contributed by atoms with Crippen LogP contribution in [0.4, 0.5) is 8.78 Å². The van der Waals surface area contributed by atoms with Crippen LogP contribution in [0.15, 0.2) is 36.4 Å². The van der Waals surface area contributed by atoms with Crippen LogP contribution in [0.25, 0.3) is 0 Å². The van der Waals surface area contributed by atoms with Crippen molar-refractivity contribution in [2.45, 2.75) is 19.1 Å². The Balaban J connectivity index is 1.84. The fourth-order valence-electron chi connectivity index (χ4n) is 2.89. The molecule has 2 aromatic carbocycles. The minimum absolute atomic E-state index is 0.0188. The summed E-state index contributed by atoms with van der Waals surface area (Å²) >= 11 is 0. The molecule has 1 aliphatic rings. The number of carboxylic acids is 1. The number of nitrogens with one attached hydrogen (secondary N) is 1. The Kier molecular flexibility index (Phi) is 5.62. The highest BCUT2D eigenvalue weighted by Gasteiger charge is 2.25. The van der Waals surface area contributed by atoms with Crippen LogP contribution in [0.2, 0.25) is 0 Å². The van der Waals surface area contributed by atoms with E-state index < -0.39 is 24.5 Å². The number of hydrogen-bond donors (Lipinski definition) is 2. The number of aliphatic carboxylic acids is 1. The predicted molar refractivity (Wildman–Crippen MR) is 93.1 cm³/mol. The molecule has 0 radical (unpaired) electrons. The van der Waals surface area contributed by atoms with E-state index in [4.69, 9.17) is 9.47 Å². The Bertz CT molecular complexity index is 902. The van der Waals surface area contributed by atoms with Gasteiger partial charge in [0.2, 0.25) is 0 Å². The Morgan fingerprint density at radius 1 is 1.18 bits per heavy atom. The summed E-state index contributed by atoms with van der Waals surface area (Å²) in [4.78, 5) is 24.2. The van der Waals surface area contributed by atoms with E-state index >= 15 is 0 Å². The van der Waals surface area contributed by atoms with Crippen LogP contribution in [0.1, 0.15) is 27.5 Å². The van der Waals surface area contributed by atoms with Crippen molar-refractivity contribution in [2.75, 3.05) is 13.7 Å². The Morgan fingerprint density at radius 3 is 2.64 bits per heavy atom. The monoisotopic (exact) mass is 393 g/mol. The van der Waals surface area contributed by atoms with E-state index in [1.54, 1.807) is 18.2 Å². The standard InChI is InChI=1S/C19H17F2NO6/c1-26-14-5-3-12(9-15(14)28-19(20)21)17(23)22-16(18(24)25)11-2-4-13-10(8-11)6-7-27-13/h2-5,8-9,16,19H,6-7H2,1H3,(H,22,23)(H,24,25). The maximum absolute atomic E-state index is 12.5. The fraction of sp³-hybridized carbons (Fsp3) is 0.263. The summed E-state index contributed by atoms with van der Waals surface area (Å²) in [7, 11) is 1.27. The molecule has 3 rings (SSSR count). The Hall–Kier alpha value is -3.36. The minimum Gasteiger partial charge on any atom is -0.493 e. The molecule has 0 saturated carbocycles. The fourth-order valence-corrected chi connectivity index (χ4v) is 2.89. The molecule has 0 saturated heterocycles. The average molecular weight is 393 g/mol. The van der Waals surface area contributed by atoms with Gasteiger partial charge in [0.25, 0.3) is 5.91 Å². The van der Waals surface area contributed by atoms with Gasteiger partial charge in [-0.3, -0.25) is 4.79 Å². The van der Waals surface area contributed by atoms with Crippen LogP contribution in [-0.4, -0.2) is 37.3 Å². The first kappa shape index (κ1) is 19.4. The Labute approximate surface area is 158 Å². The normalized spacial score (nSPS) is 13.4. The number of halogens is 2. The van der Waals surface area contributed by atoms with Gasteiger partial charge >= 0.3 is 12.6 Å². The third-order valence-corrected chi connectivity index (χ3v) is 4.21. The Morgan fingerprint density at radius 2 is 1.96 bits per heavy atom. The molecule has 1 unspecified atom stereocenters. The molecule has 1 atom stereocenters. The highest BCUT2D eigenvalue weighted by molar-refractivity contribution is 5.97. The molecule has 28 heavy (non-hydrogen) atoms. The number of carboxylic acid groups (broad SMARTS) is 1. The second-order valence-corrected chi connectivity index (χ2v) is 5.95. The molecular formula is C19H17F2NO6. The third kappa shape index (κ3) is 4.13. The number of ether oxygens (including phenoxy) is 3. The molecule has 0 spiro atoms. The van der Waals surface area contributed by atoms with Crippen LogP contribution in [-0.2, 0) is 11.2 Å². The van der Waals surface area contributed by atoms with E-state index in [-0.39, 0.29) is 17.1 Å². The van der Waals surface area contributed by atoms with E-state index in [1.807, 2.05) is 0 Å². The van der Waals surface area contributed by atoms with Crippen molar-refractivity contribution in [3.8, 4) is 17.2 Å². The molecule has 7 nitrogen and oxygen atoms in total. The molecular weight excluding hydrogens is 376 g/mol. The molecule has 1 amide bonds. The smallest absolute Gasteiger partial charge is 0.387 e. The third-order valence-electron chi connectivity index (χ3n) is 4.21. The number of carbonyl (C=O) groups excluding carboxylic acids is 1. The van der Waals surface area contributed by atoms with Crippen molar-refractivity contribution in [1.82, 2.24) is 5.32 Å². The van der Waals surface area contributed by atoms with E-state index in [0.29, 0.717) is 24.3 Å². The number of amides is 1. The van der Waals surface area contributed by atoms with E-state index in [1.165, 1.54) is 19.2 Å². The second kappa shape index (κ2) is 8.12. The van der Waals surface area contributed by atoms with Gasteiger partial charge in [0.15, 0.2) is 17.5 Å². The summed E-state index contributed by atoms with van der Waals surface area (Å²) in [5.41, 5.74) is 1.19. The van der Waals surface area contributed by atoms with Gasteiger partial charge in [0.05, 0.1) is 13.7 Å². The van der Waals surface area contributed by atoms with Gasteiger partial charge in [0, 0.05) is 12.0 Å². The number of carbonyl (C=O) groups is 2. The summed E-state index contributed by atoms with van der Waals surface area (Å²) in [5.74, 6) is -1.64. The summed E-state index contributed by atoms with van der Waals surface area (Å²) in [6, 6.07) is 7.23. The van der Waals surface area contributed by atoms with Gasteiger partial charge in [-0.2, -0.15) is 8.78 Å². The molecule has 0 aliphatic carbocycles. The van der Waals surface area contributed by atoms with Crippen LogP contribution in [0.5, 0.6) is 17.2 Å². The molecule has 1 heterocycles. The van der Waals surface area contributed by atoms with E-state index in [2.05, 4.69) is 10.1 Å². The largest absolute Gasteiger partial charge is 0.493 e. The van der Waals surface area contributed by atoms with Gasteiger partial charge < -0.3 is 24.6 Å². The number of benzene rings is 2. The minimum atomic E-state index is -3.10. The molecule has 0 aromatic heterocycles. The SMILES string of the molecule is COc1ccc(C(=O)NC(C(=O)O)c2ccc3c(c2)CCO3)cc1OC(F)F. The maximum Gasteiger partial charge on any atom is 0.387 e. The molecule has 148 valence electrons. The van der Waals surface area contributed by atoms with Crippen molar-refractivity contribution in [3.63, 3.8) is 0 Å². The van der Waals surface area contributed by atoms with Crippen molar-refractivity contribution in [3.05, 3.63) is 53.1 Å². The molecule has 0 fully saturated rings. The van der Waals surface area contributed by atoms with Crippen molar-refractivity contribution < 1.29 is 37.7 Å². The first-order chi connectivity index (χ1) is 13.4. The quantitative estimate of drug-likeness (QED) is 0.751. The number of rotatable bonds is 7. The number of hydrogen-bond acceptors (Lipinski definition) is 5. The first-order valence-corrected chi connectivity index (χ1v) is 8.31. The van der Waals surface area contributed by atoms with Crippen molar-refractivity contribution in [2.24, 2.45) is 0 Å². The van der Waals surface area contributed by atoms with Crippen LogP contribution in [0.3, 0.4) is 0 Å². The summed E-state index contributed by atoms with van der Waals surface area (Å²) in [6.07, 6.45) is 0.649. The summed E-state index contributed by atoms with van der Waals surface area (Å²) < 4.78 is 39.8. The second-order valence-electron chi connectivity index (χ2n) is 5.95. The lowest BCUT2D eigenvalue weighted by molar-refractivity contribution is -0.139. The lowest BCUT2D eigenvalue weighted by Crippen LogP contribution is -2.33. The van der Waals surface area contributed by atoms with Crippen molar-refractivity contribution in [1.29, 1.82) is 0 Å². The number of methoxy groups -OCH3 is 1. The molecule has 1 aliphatic heterocycles. The van der Waals surface area contributed by atoms with Gasteiger partial charge in [0.1, 0.15) is 5.75 Å². The average Bonchev–Trinajstić information content (AvgIpc) is 3.12. The highest BCUT2D eigenvalue weighted by Crippen LogP contribution is 2.31. The highest BCUT2D eigenvalue weighted by atomic mass is 19.3. The van der Waals surface area contributed by atoms with Gasteiger partial charge in [-0.05, 0) is 41.5 Å². The summed E-state index contributed by atoms with van der Waals surface area (Å²) in [5, 5.41) is 11.9. The van der Waals surface area contributed by atoms with Gasteiger partial charge in [-0.1, -0.05) is 6.07 Å². The zero-order valence-electron chi connectivity index (χ0n) is 14.8. The lowest BCUT2D eigenvalue weighted by Gasteiger charge is -2.17. The predicted octanol–water partition coefficient (Wildman–Crippen LogP) is 2.79.